The van der Waals surface area contributed by atoms with E-state index in [9.17, 15) is 19.2 Å². The zero-order valence-electron chi connectivity index (χ0n) is 24.6. The van der Waals surface area contributed by atoms with Crippen LogP contribution in [0.25, 0.3) is 0 Å². The predicted octanol–water partition coefficient (Wildman–Crippen LogP) is 6.50. The molecule has 10 heteroatoms. The van der Waals surface area contributed by atoms with Gasteiger partial charge in [0.25, 0.3) is 0 Å². The number of amides is 3. The van der Waals surface area contributed by atoms with Crippen molar-refractivity contribution in [3.63, 3.8) is 0 Å². The SMILES string of the molecule is Cc1ccc(NC(=O)Cn2c3c(sc2=O)C(c2ccc(Cl)cc2)C2C4CC(C2S3)C2C(=O)N(c3ccc(C)cc3)C(=O)C42)cc1. The van der Waals surface area contributed by atoms with Crippen molar-refractivity contribution in [1.82, 2.24) is 4.57 Å². The molecule has 0 spiro atoms. The van der Waals surface area contributed by atoms with Gasteiger partial charge in [-0.05, 0) is 80.0 Å². The Morgan fingerprint density at radius 1 is 0.867 bits per heavy atom. The molecule has 45 heavy (non-hydrogen) atoms. The molecule has 3 aromatic carbocycles. The first kappa shape index (κ1) is 28.8. The molecular formula is C35H30ClN3O4S2. The molecule has 8 rings (SSSR count). The molecule has 7 atom stereocenters. The van der Waals surface area contributed by atoms with E-state index >= 15 is 0 Å². The van der Waals surface area contributed by atoms with E-state index in [1.165, 1.54) is 16.2 Å². The van der Waals surface area contributed by atoms with Crippen LogP contribution >= 0.6 is 34.7 Å². The van der Waals surface area contributed by atoms with Gasteiger partial charge in [0, 0.05) is 26.8 Å². The molecule has 0 radical (unpaired) electrons. The van der Waals surface area contributed by atoms with Gasteiger partial charge in [0.2, 0.25) is 17.7 Å². The lowest BCUT2D eigenvalue weighted by molar-refractivity contribution is -0.123. The third-order valence-electron chi connectivity index (χ3n) is 10.1. The van der Waals surface area contributed by atoms with E-state index in [4.69, 9.17) is 11.6 Å². The number of thiazole rings is 1. The van der Waals surface area contributed by atoms with Gasteiger partial charge in [-0.15, -0.1) is 11.8 Å². The molecule has 1 aromatic heterocycles. The number of aromatic nitrogens is 1. The summed E-state index contributed by atoms with van der Waals surface area (Å²) in [6, 6.07) is 22.8. The quantitative estimate of drug-likeness (QED) is 0.248. The Bertz CT molecular complexity index is 1920. The number of carbonyl (C=O) groups excluding carboxylic acids is 3. The Balaban J connectivity index is 1.17. The molecular weight excluding hydrogens is 626 g/mol. The highest BCUT2D eigenvalue weighted by Gasteiger charge is 2.69. The summed E-state index contributed by atoms with van der Waals surface area (Å²) in [6.07, 6.45) is 0.800. The van der Waals surface area contributed by atoms with Crippen molar-refractivity contribution in [2.75, 3.05) is 10.2 Å². The molecule has 2 bridgehead atoms. The van der Waals surface area contributed by atoms with Gasteiger partial charge >= 0.3 is 4.87 Å². The summed E-state index contributed by atoms with van der Waals surface area (Å²) in [5.74, 6) is -1.32. The fourth-order valence-electron chi connectivity index (χ4n) is 8.23. The molecule has 2 saturated carbocycles. The maximum absolute atomic E-state index is 14.0. The van der Waals surface area contributed by atoms with Gasteiger partial charge in [0.1, 0.15) is 6.54 Å². The number of rotatable bonds is 5. The van der Waals surface area contributed by atoms with Crippen LogP contribution in [0.15, 0.2) is 82.6 Å². The first-order valence-corrected chi connectivity index (χ1v) is 17.2. The molecule has 3 heterocycles. The number of hydrogen-bond acceptors (Lipinski definition) is 6. The maximum atomic E-state index is 14.0. The minimum absolute atomic E-state index is 0.00492. The van der Waals surface area contributed by atoms with Gasteiger partial charge in [-0.2, -0.15) is 0 Å². The smallest absolute Gasteiger partial charge is 0.308 e. The number of fused-ring (bicyclic) bond motifs is 9. The second kappa shape index (κ2) is 10.7. The van der Waals surface area contributed by atoms with E-state index in [1.807, 2.05) is 86.6 Å². The van der Waals surface area contributed by atoms with Gasteiger partial charge < -0.3 is 5.32 Å². The molecule has 1 saturated heterocycles. The topological polar surface area (TPSA) is 88.5 Å². The number of aryl methyl sites for hydroxylation is 2. The molecule has 3 amide bonds. The lowest BCUT2D eigenvalue weighted by atomic mass is 9.68. The molecule has 3 fully saturated rings. The number of carbonyl (C=O) groups is 3. The zero-order chi connectivity index (χ0) is 31.1. The summed E-state index contributed by atoms with van der Waals surface area (Å²) in [7, 11) is 0. The highest BCUT2D eigenvalue weighted by Crippen LogP contribution is 2.69. The van der Waals surface area contributed by atoms with E-state index in [2.05, 4.69) is 5.32 Å². The highest BCUT2D eigenvalue weighted by atomic mass is 35.5. The number of nitrogens with one attached hydrogen (secondary N) is 1. The van der Waals surface area contributed by atoms with Gasteiger partial charge in [-0.1, -0.05) is 70.5 Å². The van der Waals surface area contributed by atoms with E-state index < -0.39 is 0 Å². The van der Waals surface area contributed by atoms with E-state index in [0.29, 0.717) is 16.4 Å². The van der Waals surface area contributed by atoms with Crippen LogP contribution in [0.1, 0.15) is 33.9 Å². The van der Waals surface area contributed by atoms with Crippen LogP contribution < -0.4 is 15.1 Å². The second-order valence-corrected chi connectivity index (χ2v) is 15.3. The summed E-state index contributed by atoms with van der Waals surface area (Å²) in [6.45, 7) is 3.86. The minimum Gasteiger partial charge on any atom is -0.325 e. The number of anilines is 2. The molecule has 2 aliphatic carbocycles. The minimum atomic E-state index is -0.381. The highest BCUT2D eigenvalue weighted by molar-refractivity contribution is 8.00. The first-order chi connectivity index (χ1) is 21.7. The van der Waals surface area contributed by atoms with Crippen LogP contribution in [0.2, 0.25) is 5.02 Å². The molecule has 228 valence electrons. The average molecular weight is 656 g/mol. The first-order valence-electron chi connectivity index (χ1n) is 15.2. The van der Waals surface area contributed by atoms with Crippen molar-refractivity contribution in [2.45, 2.75) is 43.0 Å². The standard InChI is InChI=1S/C35H30ClN3O4S2/c1-17-3-11-21(12-4-17)37-25(40)16-38-34-31(45-35(38)43)26(19-7-9-20(36)10-8-19)27-23-15-24(30(27)44-34)29-28(23)32(41)39(33(29)42)22-13-5-18(2)6-14-22/h3-14,23-24,26-30H,15-16H2,1-2H3,(H,37,40). The zero-order valence-corrected chi connectivity index (χ0v) is 27.0. The van der Waals surface area contributed by atoms with E-state index in [0.717, 1.165) is 33.0 Å². The van der Waals surface area contributed by atoms with Crippen LogP contribution in [0.3, 0.4) is 0 Å². The third-order valence-corrected chi connectivity index (χ3v) is 13.2. The van der Waals surface area contributed by atoms with E-state index in [1.54, 1.807) is 16.3 Å². The molecule has 2 aliphatic heterocycles. The van der Waals surface area contributed by atoms with Crippen LogP contribution in [0, 0.1) is 43.4 Å². The normalized spacial score (nSPS) is 27.8. The van der Waals surface area contributed by atoms with Crippen molar-refractivity contribution in [3.05, 3.63) is 109 Å². The third kappa shape index (κ3) is 4.54. The maximum Gasteiger partial charge on any atom is 0.308 e. The Morgan fingerprint density at radius 3 is 2.16 bits per heavy atom. The monoisotopic (exact) mass is 655 g/mol. The Kier molecular flexibility index (Phi) is 6.85. The Hall–Kier alpha value is -3.66. The Labute approximate surface area is 273 Å². The van der Waals surface area contributed by atoms with Crippen molar-refractivity contribution in [1.29, 1.82) is 0 Å². The van der Waals surface area contributed by atoms with Gasteiger partial charge in [0.05, 0.1) is 22.5 Å². The van der Waals surface area contributed by atoms with Crippen molar-refractivity contribution in [2.24, 2.45) is 29.6 Å². The van der Waals surface area contributed by atoms with Gasteiger partial charge in [-0.25, -0.2) is 0 Å². The molecule has 7 unspecified atom stereocenters. The van der Waals surface area contributed by atoms with Crippen LogP contribution in [0.4, 0.5) is 11.4 Å². The summed E-state index contributed by atoms with van der Waals surface area (Å²) < 4.78 is 1.59. The number of halogens is 1. The van der Waals surface area contributed by atoms with Gasteiger partial charge in [-0.3, -0.25) is 28.6 Å². The van der Waals surface area contributed by atoms with Crippen molar-refractivity contribution >= 4 is 63.8 Å². The number of nitrogens with zero attached hydrogens (tertiary/aromatic N) is 2. The second-order valence-electron chi connectivity index (χ2n) is 12.7. The Morgan fingerprint density at radius 2 is 1.49 bits per heavy atom. The predicted molar refractivity (Wildman–Crippen MR) is 177 cm³/mol. The summed E-state index contributed by atoms with van der Waals surface area (Å²) in [5.41, 5.74) is 4.49. The fraction of sp³-hybridized carbons (Fsp3) is 0.314. The van der Waals surface area contributed by atoms with Gasteiger partial charge in [0.15, 0.2) is 0 Å². The number of benzene rings is 3. The van der Waals surface area contributed by atoms with Crippen LogP contribution in [0.5, 0.6) is 0 Å². The molecule has 4 aliphatic rings. The summed E-state index contributed by atoms with van der Waals surface area (Å²) in [5, 5.41) is 4.37. The number of hydrogen-bond donors (Lipinski definition) is 1. The van der Waals surface area contributed by atoms with Crippen molar-refractivity contribution in [3.8, 4) is 0 Å². The lowest BCUT2D eigenvalue weighted by Gasteiger charge is -2.43. The fourth-order valence-corrected chi connectivity index (χ4v) is 11.5. The average Bonchev–Trinajstić information content (AvgIpc) is 3.74. The summed E-state index contributed by atoms with van der Waals surface area (Å²) >= 11 is 9.10. The number of imide groups is 1. The lowest BCUT2D eigenvalue weighted by Crippen LogP contribution is -2.43. The van der Waals surface area contributed by atoms with Crippen LogP contribution in [-0.2, 0) is 20.9 Å². The molecule has 4 aromatic rings. The number of thioether (sulfide) groups is 1. The molecule has 1 N–H and O–H groups in total. The van der Waals surface area contributed by atoms with Crippen molar-refractivity contribution < 1.29 is 14.4 Å². The largest absolute Gasteiger partial charge is 0.325 e. The molecule has 7 nitrogen and oxygen atoms in total. The van der Waals surface area contributed by atoms with Crippen LogP contribution in [-0.4, -0.2) is 27.5 Å². The van der Waals surface area contributed by atoms with E-state index in [-0.39, 0.29) is 69.9 Å². The summed E-state index contributed by atoms with van der Waals surface area (Å²) in [4.78, 5) is 56.9.